The third-order valence-electron chi connectivity index (χ3n) is 3.67. The predicted octanol–water partition coefficient (Wildman–Crippen LogP) is 3.60. The van der Waals surface area contributed by atoms with E-state index in [2.05, 4.69) is 5.32 Å². The second-order valence-corrected chi connectivity index (χ2v) is 5.48. The molecule has 1 N–H and O–H groups in total. The largest absolute Gasteiger partial charge is 0.496 e. The first-order chi connectivity index (χ1) is 10.7. The highest BCUT2D eigenvalue weighted by atomic mass is 35.5. The number of halogens is 1. The smallest absolute Gasteiger partial charge is 0.255 e. The number of benzene rings is 2. The molecule has 0 fully saturated rings. The van der Waals surface area contributed by atoms with Crippen LogP contribution in [0.1, 0.15) is 28.4 Å². The molecule has 4 nitrogen and oxygen atoms in total. The monoisotopic (exact) mass is 317 g/mol. The third-order valence-corrected chi connectivity index (χ3v) is 3.91. The van der Waals surface area contributed by atoms with Crippen LogP contribution in [0.4, 0.5) is 0 Å². The molecule has 1 unspecified atom stereocenters. The zero-order valence-corrected chi connectivity index (χ0v) is 12.9. The van der Waals surface area contributed by atoms with Gasteiger partial charge in [-0.25, -0.2) is 0 Å². The van der Waals surface area contributed by atoms with Gasteiger partial charge in [0.25, 0.3) is 5.91 Å². The first-order valence-electron chi connectivity index (χ1n) is 7.05. The van der Waals surface area contributed by atoms with Gasteiger partial charge >= 0.3 is 0 Å². The molecule has 0 aliphatic carbocycles. The van der Waals surface area contributed by atoms with Crippen LogP contribution in [0, 0.1) is 0 Å². The molecular formula is C17H16ClNO3. The second-order valence-electron chi connectivity index (χ2n) is 5.05. The summed E-state index contributed by atoms with van der Waals surface area (Å²) < 4.78 is 10.8. The van der Waals surface area contributed by atoms with E-state index in [1.165, 1.54) is 7.11 Å². The minimum atomic E-state index is -0.207. The number of nitrogens with one attached hydrogen (secondary N) is 1. The molecular weight excluding hydrogens is 302 g/mol. The zero-order chi connectivity index (χ0) is 15.5. The fourth-order valence-electron chi connectivity index (χ4n) is 2.59. The molecule has 22 heavy (non-hydrogen) atoms. The Kier molecular flexibility index (Phi) is 4.20. The quantitative estimate of drug-likeness (QED) is 0.941. The second kappa shape index (κ2) is 6.28. The van der Waals surface area contributed by atoms with Crippen molar-refractivity contribution < 1.29 is 14.3 Å². The number of amides is 1. The molecule has 1 aliphatic heterocycles. The lowest BCUT2D eigenvalue weighted by Gasteiger charge is -2.26. The molecule has 114 valence electrons. The van der Waals surface area contributed by atoms with Crippen molar-refractivity contribution in [1.29, 1.82) is 0 Å². The SMILES string of the molecule is COc1ccc(Cl)cc1C(=O)NC1CCOc2ccccc21. The molecule has 1 aliphatic rings. The van der Waals surface area contributed by atoms with E-state index in [-0.39, 0.29) is 11.9 Å². The summed E-state index contributed by atoms with van der Waals surface area (Å²) in [4.78, 5) is 12.6. The van der Waals surface area contributed by atoms with Gasteiger partial charge in [-0.05, 0) is 24.3 Å². The maximum atomic E-state index is 12.6. The zero-order valence-electron chi connectivity index (χ0n) is 12.1. The summed E-state index contributed by atoms with van der Waals surface area (Å²) >= 11 is 5.99. The fourth-order valence-corrected chi connectivity index (χ4v) is 2.76. The minimum absolute atomic E-state index is 0.0823. The molecule has 1 atom stereocenters. The van der Waals surface area contributed by atoms with Crippen molar-refractivity contribution in [2.24, 2.45) is 0 Å². The van der Waals surface area contributed by atoms with Crippen molar-refractivity contribution in [1.82, 2.24) is 5.32 Å². The highest BCUT2D eigenvalue weighted by Gasteiger charge is 2.24. The minimum Gasteiger partial charge on any atom is -0.496 e. The summed E-state index contributed by atoms with van der Waals surface area (Å²) in [5, 5.41) is 3.53. The van der Waals surface area contributed by atoms with Crippen molar-refractivity contribution in [3.05, 3.63) is 58.6 Å². The molecule has 5 heteroatoms. The summed E-state index contributed by atoms with van der Waals surface area (Å²) in [6, 6.07) is 12.6. The van der Waals surface area contributed by atoms with E-state index in [0.717, 1.165) is 17.7 Å². The Morgan fingerprint density at radius 1 is 1.32 bits per heavy atom. The number of hydrogen-bond acceptors (Lipinski definition) is 3. The van der Waals surface area contributed by atoms with Gasteiger partial charge in [-0.3, -0.25) is 4.79 Å². The van der Waals surface area contributed by atoms with Crippen molar-refractivity contribution in [2.45, 2.75) is 12.5 Å². The highest BCUT2D eigenvalue weighted by molar-refractivity contribution is 6.31. The van der Waals surface area contributed by atoms with Gasteiger partial charge in [0.15, 0.2) is 0 Å². The van der Waals surface area contributed by atoms with Crippen LogP contribution in [0.3, 0.4) is 0 Å². The highest BCUT2D eigenvalue weighted by Crippen LogP contribution is 2.32. The van der Waals surface area contributed by atoms with Gasteiger partial charge in [-0.2, -0.15) is 0 Å². The van der Waals surface area contributed by atoms with Crippen LogP contribution in [0.25, 0.3) is 0 Å². The number of fused-ring (bicyclic) bond motifs is 1. The number of carbonyl (C=O) groups is 1. The van der Waals surface area contributed by atoms with Gasteiger partial charge in [-0.1, -0.05) is 29.8 Å². The van der Waals surface area contributed by atoms with Gasteiger partial charge in [0.2, 0.25) is 0 Å². The number of methoxy groups -OCH3 is 1. The van der Waals surface area contributed by atoms with Gasteiger partial charge in [0.05, 0.1) is 25.3 Å². The lowest BCUT2D eigenvalue weighted by atomic mass is 10.00. The number of ether oxygens (including phenoxy) is 2. The molecule has 3 rings (SSSR count). The average molecular weight is 318 g/mol. The molecule has 0 radical (unpaired) electrons. The Labute approximate surface area is 134 Å². The average Bonchev–Trinajstić information content (AvgIpc) is 2.55. The molecule has 0 spiro atoms. The van der Waals surface area contributed by atoms with Gasteiger partial charge in [0, 0.05) is 17.0 Å². The van der Waals surface area contributed by atoms with Crippen LogP contribution in [-0.2, 0) is 0 Å². The van der Waals surface area contributed by atoms with Crippen molar-refractivity contribution in [3.8, 4) is 11.5 Å². The number of para-hydroxylation sites is 1. The molecule has 0 saturated carbocycles. The predicted molar refractivity (Wildman–Crippen MR) is 84.8 cm³/mol. The molecule has 1 heterocycles. The molecule has 0 bridgehead atoms. The Morgan fingerprint density at radius 3 is 2.95 bits per heavy atom. The van der Waals surface area contributed by atoms with Crippen LogP contribution in [0.2, 0.25) is 5.02 Å². The summed E-state index contributed by atoms with van der Waals surface area (Å²) in [5.41, 5.74) is 1.42. The van der Waals surface area contributed by atoms with Gasteiger partial charge < -0.3 is 14.8 Å². The van der Waals surface area contributed by atoms with Crippen LogP contribution in [0.15, 0.2) is 42.5 Å². The Hall–Kier alpha value is -2.20. The summed E-state index contributed by atoms with van der Waals surface area (Å²) in [7, 11) is 1.53. The van der Waals surface area contributed by atoms with Crippen molar-refractivity contribution in [3.63, 3.8) is 0 Å². The van der Waals surface area contributed by atoms with Gasteiger partial charge in [-0.15, -0.1) is 0 Å². The number of rotatable bonds is 3. The Balaban J connectivity index is 1.85. The van der Waals surface area contributed by atoms with Crippen LogP contribution < -0.4 is 14.8 Å². The van der Waals surface area contributed by atoms with E-state index < -0.39 is 0 Å². The maximum absolute atomic E-state index is 12.6. The van der Waals surface area contributed by atoms with Gasteiger partial charge in [0.1, 0.15) is 11.5 Å². The molecule has 2 aromatic carbocycles. The Morgan fingerprint density at radius 2 is 2.14 bits per heavy atom. The lowest BCUT2D eigenvalue weighted by molar-refractivity contribution is 0.0922. The molecule has 2 aromatic rings. The molecule has 0 aromatic heterocycles. The van der Waals surface area contributed by atoms with E-state index in [0.29, 0.717) is 22.9 Å². The summed E-state index contributed by atoms with van der Waals surface area (Å²) in [5.74, 6) is 1.11. The first-order valence-corrected chi connectivity index (χ1v) is 7.43. The van der Waals surface area contributed by atoms with E-state index in [1.54, 1.807) is 18.2 Å². The lowest BCUT2D eigenvalue weighted by Crippen LogP contribution is -2.32. The Bertz CT molecular complexity index is 702. The maximum Gasteiger partial charge on any atom is 0.255 e. The van der Waals surface area contributed by atoms with E-state index in [4.69, 9.17) is 21.1 Å². The van der Waals surface area contributed by atoms with Crippen LogP contribution >= 0.6 is 11.6 Å². The van der Waals surface area contributed by atoms with Crippen LogP contribution in [0.5, 0.6) is 11.5 Å². The summed E-state index contributed by atoms with van der Waals surface area (Å²) in [6.07, 6.45) is 0.728. The van der Waals surface area contributed by atoms with E-state index in [9.17, 15) is 4.79 Å². The molecule has 1 amide bonds. The first kappa shape index (κ1) is 14.7. The van der Waals surface area contributed by atoms with Crippen molar-refractivity contribution >= 4 is 17.5 Å². The standard InChI is InChI=1S/C17H16ClNO3/c1-21-15-7-6-11(18)10-13(15)17(20)19-14-8-9-22-16-5-3-2-4-12(14)16/h2-7,10,14H,8-9H2,1H3,(H,19,20). The molecule has 0 saturated heterocycles. The topological polar surface area (TPSA) is 47.6 Å². The third kappa shape index (κ3) is 2.88. The van der Waals surface area contributed by atoms with Crippen molar-refractivity contribution in [2.75, 3.05) is 13.7 Å². The fraction of sp³-hybridized carbons (Fsp3) is 0.235. The van der Waals surface area contributed by atoms with E-state index in [1.807, 2.05) is 24.3 Å². The summed E-state index contributed by atoms with van der Waals surface area (Å²) in [6.45, 7) is 0.578. The number of hydrogen-bond donors (Lipinski definition) is 1. The number of carbonyl (C=O) groups excluding carboxylic acids is 1. The van der Waals surface area contributed by atoms with E-state index >= 15 is 0 Å². The normalized spacial score (nSPS) is 16.4. The van der Waals surface area contributed by atoms with Crippen LogP contribution in [-0.4, -0.2) is 19.6 Å².